The van der Waals surface area contributed by atoms with Gasteiger partial charge < -0.3 is 5.32 Å². The second kappa shape index (κ2) is 7.09. The molecule has 1 saturated heterocycles. The predicted molar refractivity (Wildman–Crippen MR) is 104 cm³/mol. The van der Waals surface area contributed by atoms with Crippen molar-refractivity contribution in [2.24, 2.45) is 0 Å². The van der Waals surface area contributed by atoms with Gasteiger partial charge in [0, 0.05) is 20.6 Å². The molecule has 2 aromatic rings. The Labute approximate surface area is 162 Å². The Bertz CT molecular complexity index is 1090. The maximum absolute atomic E-state index is 12.5. The van der Waals surface area contributed by atoms with Gasteiger partial charge in [0.1, 0.15) is 6.04 Å². The summed E-state index contributed by atoms with van der Waals surface area (Å²) in [6.07, 6.45) is 2.16. The van der Waals surface area contributed by atoms with Crippen LogP contribution in [0.5, 0.6) is 0 Å². The average Bonchev–Trinajstić information content (AvgIpc) is 3.19. The Hall–Kier alpha value is -1.60. The largest absolute Gasteiger partial charge is 0.301 e. The van der Waals surface area contributed by atoms with Crippen LogP contribution >= 0.6 is 11.3 Å². The number of carbonyl (C=O) groups is 1. The highest BCUT2D eigenvalue weighted by Gasteiger charge is 2.36. The minimum Gasteiger partial charge on any atom is -0.301 e. The zero-order valence-corrected chi connectivity index (χ0v) is 17.5. The molecular weight excluding hydrogens is 412 g/mol. The Morgan fingerprint density at radius 2 is 2.00 bits per heavy atom. The van der Waals surface area contributed by atoms with Crippen molar-refractivity contribution in [3.8, 4) is 0 Å². The molecule has 12 heteroatoms. The van der Waals surface area contributed by atoms with Crippen molar-refractivity contribution in [3.63, 3.8) is 0 Å². The van der Waals surface area contributed by atoms with Crippen LogP contribution in [0.15, 0.2) is 23.1 Å². The van der Waals surface area contributed by atoms with Crippen LogP contribution in [0.3, 0.4) is 0 Å². The van der Waals surface area contributed by atoms with Crippen molar-refractivity contribution in [2.45, 2.75) is 23.8 Å². The van der Waals surface area contributed by atoms with E-state index in [0.29, 0.717) is 34.7 Å². The number of benzene rings is 1. The smallest absolute Gasteiger partial charge is 0.244 e. The molecule has 1 aliphatic rings. The second-order valence-corrected chi connectivity index (χ2v) is 11.6. The monoisotopic (exact) mass is 432 g/mol. The highest BCUT2D eigenvalue weighted by molar-refractivity contribution is 7.89. The Balaban J connectivity index is 1.85. The lowest BCUT2D eigenvalue weighted by atomic mass is 10.2. The van der Waals surface area contributed by atoms with Gasteiger partial charge in [-0.15, -0.1) is 0 Å². The molecule has 1 aliphatic heterocycles. The lowest BCUT2D eigenvalue weighted by molar-refractivity contribution is -0.119. The maximum atomic E-state index is 12.5. The van der Waals surface area contributed by atoms with Crippen molar-refractivity contribution in [1.82, 2.24) is 13.6 Å². The van der Waals surface area contributed by atoms with Gasteiger partial charge in [0.25, 0.3) is 0 Å². The third kappa shape index (κ3) is 3.99. The first-order valence-corrected chi connectivity index (χ1v) is 12.2. The van der Waals surface area contributed by atoms with E-state index in [0.717, 1.165) is 21.9 Å². The second-order valence-electron chi connectivity index (χ2n) is 6.46. The van der Waals surface area contributed by atoms with Gasteiger partial charge in [-0.05, 0) is 31.0 Å². The predicted octanol–water partition coefficient (Wildman–Crippen LogP) is 0.909. The topological polar surface area (TPSA) is 117 Å². The van der Waals surface area contributed by atoms with Gasteiger partial charge in [-0.2, -0.15) is 4.31 Å². The SMILES string of the molecule is CN(C)S(=O)(=O)c1ccc2nc(NC(=O)C3CCCN3S(C)(=O)=O)sc2c1. The molecule has 3 rings (SSSR count). The molecule has 1 aromatic carbocycles. The summed E-state index contributed by atoms with van der Waals surface area (Å²) in [6.45, 7) is 0.322. The number of aromatic nitrogens is 1. The van der Waals surface area contributed by atoms with E-state index < -0.39 is 32.0 Å². The normalized spacial score (nSPS) is 19.0. The van der Waals surface area contributed by atoms with E-state index in [9.17, 15) is 21.6 Å². The first-order chi connectivity index (χ1) is 12.5. The fraction of sp³-hybridized carbons (Fsp3) is 0.467. The molecule has 2 heterocycles. The molecule has 1 N–H and O–H groups in total. The van der Waals surface area contributed by atoms with Crippen molar-refractivity contribution in [3.05, 3.63) is 18.2 Å². The number of thiazole rings is 1. The fourth-order valence-electron chi connectivity index (χ4n) is 2.92. The molecule has 148 valence electrons. The van der Waals surface area contributed by atoms with E-state index in [-0.39, 0.29) is 4.90 Å². The average molecular weight is 433 g/mol. The molecule has 1 aromatic heterocycles. The van der Waals surface area contributed by atoms with Crippen molar-refractivity contribution < 1.29 is 21.6 Å². The van der Waals surface area contributed by atoms with E-state index in [1.807, 2.05) is 0 Å². The van der Waals surface area contributed by atoms with E-state index in [2.05, 4.69) is 10.3 Å². The summed E-state index contributed by atoms with van der Waals surface area (Å²) in [5.74, 6) is -0.432. The summed E-state index contributed by atoms with van der Waals surface area (Å²) in [5.41, 5.74) is 0.555. The lowest BCUT2D eigenvalue weighted by Gasteiger charge is -2.20. The standard InChI is InChI=1S/C15H20N4O5S3/c1-18(2)27(23,24)10-6-7-11-13(9-10)25-15(16-11)17-14(20)12-5-4-8-19(12)26(3,21)22/h6-7,9,12H,4-5,8H2,1-3H3,(H,16,17,20). The Morgan fingerprint density at radius 1 is 1.30 bits per heavy atom. The first-order valence-electron chi connectivity index (χ1n) is 8.11. The zero-order valence-electron chi connectivity index (χ0n) is 15.0. The molecule has 0 spiro atoms. The highest BCUT2D eigenvalue weighted by Crippen LogP contribution is 2.30. The van der Waals surface area contributed by atoms with Gasteiger partial charge in [0.15, 0.2) is 5.13 Å². The van der Waals surface area contributed by atoms with E-state index in [1.165, 1.54) is 30.5 Å². The Kier molecular flexibility index (Phi) is 5.29. The van der Waals surface area contributed by atoms with E-state index >= 15 is 0 Å². The van der Waals surface area contributed by atoms with Crippen LogP contribution in [0.25, 0.3) is 10.2 Å². The minimum absolute atomic E-state index is 0.139. The van der Waals surface area contributed by atoms with Crippen LogP contribution in [0, 0.1) is 0 Å². The van der Waals surface area contributed by atoms with Crippen molar-refractivity contribution >= 4 is 52.6 Å². The lowest BCUT2D eigenvalue weighted by Crippen LogP contribution is -2.42. The molecule has 1 unspecified atom stereocenters. The van der Waals surface area contributed by atoms with Gasteiger partial charge in [0.2, 0.25) is 26.0 Å². The number of amides is 1. The number of nitrogens with one attached hydrogen (secondary N) is 1. The number of carbonyl (C=O) groups excluding carboxylic acids is 1. The molecule has 0 saturated carbocycles. The van der Waals surface area contributed by atoms with Crippen LogP contribution in [0.1, 0.15) is 12.8 Å². The molecule has 9 nitrogen and oxygen atoms in total. The molecule has 0 aliphatic carbocycles. The number of sulfonamides is 2. The number of nitrogens with zero attached hydrogens (tertiary/aromatic N) is 3. The third-order valence-corrected chi connectivity index (χ3v) is 8.33. The van der Waals surface area contributed by atoms with Crippen molar-refractivity contribution in [1.29, 1.82) is 0 Å². The van der Waals surface area contributed by atoms with Crippen LogP contribution in [0.4, 0.5) is 5.13 Å². The zero-order chi connectivity index (χ0) is 20.0. The molecule has 0 radical (unpaired) electrons. The summed E-state index contributed by atoms with van der Waals surface area (Å²) in [4.78, 5) is 16.9. The molecule has 1 atom stereocenters. The first kappa shape index (κ1) is 20.1. The van der Waals surface area contributed by atoms with E-state index in [1.54, 1.807) is 6.07 Å². The molecule has 1 fully saturated rings. The summed E-state index contributed by atoms with van der Waals surface area (Å²) >= 11 is 1.14. The van der Waals surface area contributed by atoms with Gasteiger partial charge >= 0.3 is 0 Å². The van der Waals surface area contributed by atoms with Gasteiger partial charge in [-0.25, -0.2) is 26.1 Å². The molecule has 27 heavy (non-hydrogen) atoms. The van der Waals surface area contributed by atoms with Crippen LogP contribution in [-0.2, 0) is 24.8 Å². The van der Waals surface area contributed by atoms with Crippen LogP contribution < -0.4 is 5.32 Å². The molecular formula is C15H20N4O5S3. The summed E-state index contributed by atoms with van der Waals surface area (Å²) in [7, 11) is -4.12. The number of hydrogen-bond acceptors (Lipinski definition) is 7. The highest BCUT2D eigenvalue weighted by atomic mass is 32.2. The van der Waals surface area contributed by atoms with Gasteiger partial charge in [-0.3, -0.25) is 4.79 Å². The molecule has 0 bridgehead atoms. The maximum Gasteiger partial charge on any atom is 0.244 e. The quantitative estimate of drug-likeness (QED) is 0.751. The minimum atomic E-state index is -3.57. The summed E-state index contributed by atoms with van der Waals surface area (Å²) in [6, 6.07) is 3.80. The van der Waals surface area contributed by atoms with E-state index in [4.69, 9.17) is 0 Å². The van der Waals surface area contributed by atoms with Crippen LogP contribution in [0.2, 0.25) is 0 Å². The van der Waals surface area contributed by atoms with Crippen molar-refractivity contribution in [2.75, 3.05) is 32.2 Å². The summed E-state index contributed by atoms with van der Waals surface area (Å²) < 4.78 is 51.0. The van der Waals surface area contributed by atoms with Crippen LogP contribution in [-0.4, -0.2) is 69.3 Å². The summed E-state index contributed by atoms with van der Waals surface area (Å²) in [5, 5.41) is 2.96. The number of fused-ring (bicyclic) bond motifs is 1. The molecule has 1 amide bonds. The number of rotatable bonds is 5. The van der Waals surface area contributed by atoms with Gasteiger partial charge in [-0.1, -0.05) is 11.3 Å². The van der Waals surface area contributed by atoms with Gasteiger partial charge in [0.05, 0.1) is 21.4 Å². The third-order valence-electron chi connectivity index (χ3n) is 4.30. The number of hydrogen-bond donors (Lipinski definition) is 1. The Morgan fingerprint density at radius 3 is 2.63 bits per heavy atom. The fourth-order valence-corrected chi connectivity index (χ4v) is 5.95. The number of anilines is 1.